The first-order valence-corrected chi connectivity index (χ1v) is 9.53. The third-order valence-electron chi connectivity index (χ3n) is 4.91. The van der Waals surface area contributed by atoms with E-state index in [4.69, 9.17) is 0 Å². The molecular weight excluding hydrogens is 338 g/mol. The topological polar surface area (TPSA) is 71.1 Å². The molecule has 142 valence electrons. The van der Waals surface area contributed by atoms with Crippen LogP contribution in [-0.4, -0.2) is 22.8 Å². The van der Waals surface area contributed by atoms with Crippen LogP contribution in [0.3, 0.4) is 0 Å². The van der Waals surface area contributed by atoms with Gasteiger partial charge in [-0.25, -0.2) is 4.98 Å². The molecule has 1 aromatic carbocycles. The maximum absolute atomic E-state index is 12.5. The van der Waals surface area contributed by atoms with Gasteiger partial charge in [-0.05, 0) is 48.1 Å². The van der Waals surface area contributed by atoms with E-state index in [1.54, 1.807) is 18.2 Å². The van der Waals surface area contributed by atoms with E-state index in [0.717, 1.165) is 25.7 Å². The van der Waals surface area contributed by atoms with Crippen LogP contribution in [0.5, 0.6) is 0 Å². The van der Waals surface area contributed by atoms with E-state index in [0.29, 0.717) is 5.69 Å². The summed E-state index contributed by atoms with van der Waals surface area (Å²) in [5.41, 5.74) is 2.47. The Kier molecular flexibility index (Phi) is 5.59. The number of benzene rings is 1. The maximum Gasteiger partial charge on any atom is 0.274 e. The first kappa shape index (κ1) is 19.1. The highest BCUT2D eigenvalue weighted by Gasteiger charge is 2.19. The van der Waals surface area contributed by atoms with E-state index in [1.807, 2.05) is 24.3 Å². The number of carbonyl (C=O) groups excluding carboxylic acids is 2. The van der Waals surface area contributed by atoms with E-state index in [9.17, 15) is 9.59 Å². The van der Waals surface area contributed by atoms with E-state index in [2.05, 4.69) is 36.4 Å². The van der Waals surface area contributed by atoms with Crippen molar-refractivity contribution in [2.75, 3.05) is 5.32 Å². The van der Waals surface area contributed by atoms with Gasteiger partial charge in [-0.1, -0.05) is 51.8 Å². The Balaban J connectivity index is 1.67. The second-order valence-electron chi connectivity index (χ2n) is 8.14. The number of nitrogens with zero attached hydrogens (tertiary/aromatic N) is 1. The summed E-state index contributed by atoms with van der Waals surface area (Å²) in [5.74, 6) is -0.542. The average molecular weight is 365 g/mol. The van der Waals surface area contributed by atoms with Crippen molar-refractivity contribution in [3.05, 3.63) is 59.4 Å². The third kappa shape index (κ3) is 4.94. The molecule has 0 aliphatic heterocycles. The number of anilines is 1. The molecule has 1 aliphatic rings. The van der Waals surface area contributed by atoms with Crippen LogP contribution in [0.2, 0.25) is 0 Å². The molecule has 1 saturated carbocycles. The summed E-state index contributed by atoms with van der Waals surface area (Å²) in [5, 5.41) is 5.84. The molecule has 0 spiro atoms. The molecule has 2 amide bonds. The number of aromatic nitrogens is 1. The third-order valence-corrected chi connectivity index (χ3v) is 4.91. The highest BCUT2D eigenvalue weighted by molar-refractivity contribution is 6.03. The second-order valence-corrected chi connectivity index (χ2v) is 8.14. The van der Waals surface area contributed by atoms with Crippen molar-refractivity contribution >= 4 is 17.5 Å². The summed E-state index contributed by atoms with van der Waals surface area (Å²) in [7, 11) is 0. The normalized spacial score (nSPS) is 14.8. The van der Waals surface area contributed by atoms with Gasteiger partial charge in [0, 0.05) is 11.7 Å². The number of amides is 2. The molecule has 1 heterocycles. The van der Waals surface area contributed by atoms with Crippen LogP contribution in [-0.2, 0) is 5.41 Å². The largest absolute Gasteiger partial charge is 0.348 e. The van der Waals surface area contributed by atoms with Crippen molar-refractivity contribution in [1.82, 2.24) is 10.3 Å². The van der Waals surface area contributed by atoms with Crippen LogP contribution in [0.4, 0.5) is 5.69 Å². The highest BCUT2D eigenvalue weighted by atomic mass is 16.2. The summed E-state index contributed by atoms with van der Waals surface area (Å²) < 4.78 is 0. The van der Waals surface area contributed by atoms with Gasteiger partial charge in [-0.3, -0.25) is 9.59 Å². The lowest BCUT2D eigenvalue weighted by Crippen LogP contribution is -2.33. The van der Waals surface area contributed by atoms with Gasteiger partial charge in [-0.2, -0.15) is 0 Å². The zero-order chi connectivity index (χ0) is 19.4. The number of hydrogen-bond acceptors (Lipinski definition) is 3. The quantitative estimate of drug-likeness (QED) is 0.848. The lowest BCUT2D eigenvalue weighted by atomic mass is 9.87. The van der Waals surface area contributed by atoms with Crippen LogP contribution in [0.15, 0.2) is 42.5 Å². The fraction of sp³-hybridized carbons (Fsp3) is 0.409. The van der Waals surface area contributed by atoms with Gasteiger partial charge in [0.05, 0.1) is 0 Å². The minimum absolute atomic E-state index is 0.0606. The second kappa shape index (κ2) is 7.91. The fourth-order valence-electron chi connectivity index (χ4n) is 3.27. The molecule has 5 heteroatoms. The Labute approximate surface area is 160 Å². The summed E-state index contributed by atoms with van der Waals surface area (Å²) >= 11 is 0. The zero-order valence-electron chi connectivity index (χ0n) is 16.2. The molecule has 2 aromatic rings. The van der Waals surface area contributed by atoms with Crippen molar-refractivity contribution in [1.29, 1.82) is 0 Å². The first-order valence-electron chi connectivity index (χ1n) is 9.53. The van der Waals surface area contributed by atoms with Crippen molar-refractivity contribution in [2.24, 2.45) is 0 Å². The van der Waals surface area contributed by atoms with Gasteiger partial charge >= 0.3 is 0 Å². The zero-order valence-corrected chi connectivity index (χ0v) is 16.2. The number of rotatable bonds is 4. The van der Waals surface area contributed by atoms with Crippen molar-refractivity contribution in [2.45, 2.75) is 57.9 Å². The van der Waals surface area contributed by atoms with Gasteiger partial charge in [0.2, 0.25) is 0 Å². The SMILES string of the molecule is CC(C)(C)c1ccc(NC(=O)c2cccc(C(=O)NC3CCCC3)n2)cc1. The van der Waals surface area contributed by atoms with Crippen LogP contribution in [0.1, 0.15) is 73.0 Å². The Bertz CT molecular complexity index is 816. The Hall–Kier alpha value is -2.69. The fourth-order valence-corrected chi connectivity index (χ4v) is 3.27. The van der Waals surface area contributed by atoms with Gasteiger partial charge in [0.15, 0.2) is 0 Å². The minimum Gasteiger partial charge on any atom is -0.348 e. The van der Waals surface area contributed by atoms with Crippen molar-refractivity contribution < 1.29 is 9.59 Å². The van der Waals surface area contributed by atoms with E-state index < -0.39 is 0 Å². The van der Waals surface area contributed by atoms with Crippen molar-refractivity contribution in [3.63, 3.8) is 0 Å². The summed E-state index contributed by atoms with van der Waals surface area (Å²) in [6.07, 6.45) is 4.32. The molecule has 3 rings (SSSR count). The summed E-state index contributed by atoms with van der Waals surface area (Å²) in [6, 6.07) is 12.9. The molecule has 1 aliphatic carbocycles. The standard InChI is InChI=1S/C22H27N3O2/c1-22(2,3)15-11-13-17(14-12-15)24-21(27)19-10-6-9-18(25-19)20(26)23-16-7-4-5-8-16/h6,9-14,16H,4-5,7-8H2,1-3H3,(H,23,26)(H,24,27). The molecule has 27 heavy (non-hydrogen) atoms. The number of hydrogen-bond donors (Lipinski definition) is 2. The Morgan fingerprint density at radius 2 is 1.52 bits per heavy atom. The molecule has 1 fully saturated rings. The molecule has 0 atom stereocenters. The molecule has 0 bridgehead atoms. The van der Waals surface area contributed by atoms with Crippen LogP contribution < -0.4 is 10.6 Å². The maximum atomic E-state index is 12.5. The highest BCUT2D eigenvalue weighted by Crippen LogP contribution is 2.23. The molecule has 0 saturated heterocycles. The number of carbonyl (C=O) groups is 2. The van der Waals surface area contributed by atoms with Gasteiger partial charge in [0.25, 0.3) is 11.8 Å². The molecule has 2 N–H and O–H groups in total. The van der Waals surface area contributed by atoms with Crippen molar-refractivity contribution in [3.8, 4) is 0 Å². The van der Waals surface area contributed by atoms with Gasteiger partial charge < -0.3 is 10.6 Å². The lowest BCUT2D eigenvalue weighted by Gasteiger charge is -2.19. The summed E-state index contributed by atoms with van der Waals surface area (Å²) in [4.78, 5) is 29.1. The van der Waals surface area contributed by atoms with Crippen LogP contribution in [0.25, 0.3) is 0 Å². The molecular formula is C22H27N3O2. The van der Waals surface area contributed by atoms with E-state index in [-0.39, 0.29) is 34.7 Å². The molecule has 0 radical (unpaired) electrons. The molecule has 1 aromatic heterocycles. The summed E-state index contributed by atoms with van der Waals surface area (Å²) in [6.45, 7) is 6.44. The van der Waals surface area contributed by atoms with E-state index in [1.165, 1.54) is 5.56 Å². The predicted octanol–water partition coefficient (Wildman–Crippen LogP) is 4.30. The van der Waals surface area contributed by atoms with Gasteiger partial charge in [0.1, 0.15) is 11.4 Å². The molecule has 0 unspecified atom stereocenters. The van der Waals surface area contributed by atoms with Crippen LogP contribution >= 0.6 is 0 Å². The predicted molar refractivity (Wildman–Crippen MR) is 107 cm³/mol. The molecule has 5 nitrogen and oxygen atoms in total. The smallest absolute Gasteiger partial charge is 0.274 e. The minimum atomic E-state index is -0.325. The number of pyridine rings is 1. The first-order chi connectivity index (χ1) is 12.8. The average Bonchev–Trinajstić information content (AvgIpc) is 3.14. The Morgan fingerprint density at radius 3 is 2.11 bits per heavy atom. The van der Waals surface area contributed by atoms with Crippen LogP contribution in [0, 0.1) is 0 Å². The number of nitrogens with one attached hydrogen (secondary N) is 2. The Morgan fingerprint density at radius 1 is 0.926 bits per heavy atom. The monoisotopic (exact) mass is 365 g/mol. The van der Waals surface area contributed by atoms with Gasteiger partial charge in [-0.15, -0.1) is 0 Å². The van der Waals surface area contributed by atoms with E-state index >= 15 is 0 Å². The lowest BCUT2D eigenvalue weighted by molar-refractivity contribution is 0.0932.